The average Bonchev–Trinajstić information content (AvgIpc) is 3.24. The Morgan fingerprint density at radius 1 is 0.567 bits per heavy atom. The molecule has 354 valence electrons. The molecule has 0 fully saturated rings. The summed E-state index contributed by atoms with van der Waals surface area (Å²) < 4.78 is 22.3. The van der Waals surface area contributed by atoms with Gasteiger partial charge in [0, 0.05) is 31.9 Å². The molecule has 0 heterocycles. The lowest BCUT2D eigenvalue weighted by atomic mass is 10.0. The monoisotopic (exact) mass is 850 g/mol. The fraction of sp³-hybridized carbons (Fsp3) is 0.846. The van der Waals surface area contributed by atoms with Gasteiger partial charge in [0.25, 0.3) is 0 Å². The molecule has 2 atom stereocenters. The number of nitrogens with zero attached hydrogens (tertiary/aromatic N) is 1. The van der Waals surface area contributed by atoms with Crippen LogP contribution >= 0.6 is 0 Å². The molecule has 0 aromatic rings. The summed E-state index contributed by atoms with van der Waals surface area (Å²) in [6.45, 7) is 22.3. The van der Waals surface area contributed by atoms with Crippen LogP contribution in [0.5, 0.6) is 0 Å². The average molecular weight is 850 g/mol. The molecule has 1 N–H and O–H groups in total. The van der Waals surface area contributed by atoms with Gasteiger partial charge in [-0.2, -0.15) is 0 Å². The Morgan fingerprint density at radius 2 is 1.08 bits per heavy atom. The predicted molar refractivity (Wildman–Crippen MR) is 256 cm³/mol. The van der Waals surface area contributed by atoms with Crippen LogP contribution in [0, 0.1) is 5.92 Å². The van der Waals surface area contributed by atoms with Gasteiger partial charge in [0.1, 0.15) is 0 Å². The maximum absolute atomic E-state index is 12.2. The highest BCUT2D eigenvalue weighted by molar-refractivity contribution is 5.69. The molecule has 8 heteroatoms. The van der Waals surface area contributed by atoms with Gasteiger partial charge >= 0.3 is 12.1 Å². The maximum atomic E-state index is 12.2. The van der Waals surface area contributed by atoms with Crippen LogP contribution in [0.1, 0.15) is 228 Å². The highest BCUT2D eigenvalue weighted by Crippen LogP contribution is 2.19. The standard InChI is InChI=1S/C44H82O4.C8H17NO3/c1-6-9-12-15-18-19-20-21-22-23-24-25-27-29-32-35-44(45)48-40-41(4)39-47-42(5)36-37-43(34-31-28-26-16-13-10-7-2)46-38-33-30-17-14-11-8-3;1-3-9(4-2)6-5-7-12-8(10)11/h18-19,21-22,41,43H,5-17,20,23-40H2,1-4H3;3-7H2,1-2H3,(H,10,11)/b19-18-,22-21-;. The van der Waals surface area contributed by atoms with Gasteiger partial charge in [0.15, 0.2) is 0 Å². The Labute approximate surface area is 372 Å². The topological polar surface area (TPSA) is 94.5 Å². The first-order valence-electron chi connectivity index (χ1n) is 25.2. The molecular formula is C52H99NO7. The lowest BCUT2D eigenvalue weighted by Gasteiger charge is -2.20. The molecule has 0 rings (SSSR count). The Balaban J connectivity index is 0. The zero-order valence-corrected chi connectivity index (χ0v) is 40.5. The summed E-state index contributed by atoms with van der Waals surface area (Å²) in [5, 5.41) is 8.16. The number of carboxylic acid groups (broad SMARTS) is 1. The van der Waals surface area contributed by atoms with Crippen molar-refractivity contribution in [1.29, 1.82) is 0 Å². The molecule has 0 bridgehead atoms. The number of hydrogen-bond donors (Lipinski definition) is 1. The third kappa shape index (κ3) is 48.3. The fourth-order valence-electron chi connectivity index (χ4n) is 6.85. The second-order valence-corrected chi connectivity index (χ2v) is 16.8. The van der Waals surface area contributed by atoms with Crippen LogP contribution < -0.4 is 0 Å². The summed E-state index contributed by atoms with van der Waals surface area (Å²) in [4.78, 5) is 24.4. The van der Waals surface area contributed by atoms with Crippen molar-refractivity contribution in [3.63, 3.8) is 0 Å². The molecule has 0 radical (unpaired) electrons. The molecule has 0 aliphatic heterocycles. The van der Waals surface area contributed by atoms with Crippen LogP contribution in [0.25, 0.3) is 0 Å². The van der Waals surface area contributed by atoms with Crippen LogP contribution in [0.3, 0.4) is 0 Å². The van der Waals surface area contributed by atoms with E-state index >= 15 is 0 Å². The predicted octanol–water partition coefficient (Wildman–Crippen LogP) is 15.6. The SMILES string of the molecule is C=C(CCC(CCCCCCCCC)OCCCCCCCC)OCC(C)COC(=O)CCCCCCC/C=C\C/C=C\CCCCC.CCN(CC)CCCOC(=O)O. The lowest BCUT2D eigenvalue weighted by Crippen LogP contribution is -2.25. The first-order valence-corrected chi connectivity index (χ1v) is 25.2. The molecule has 0 aliphatic carbocycles. The summed E-state index contributed by atoms with van der Waals surface area (Å²) >= 11 is 0. The van der Waals surface area contributed by atoms with E-state index in [-0.39, 0.29) is 11.9 Å². The molecule has 0 aliphatic rings. The Morgan fingerprint density at radius 3 is 1.68 bits per heavy atom. The normalized spacial score (nSPS) is 12.4. The van der Waals surface area contributed by atoms with Crippen molar-refractivity contribution in [2.45, 2.75) is 234 Å². The van der Waals surface area contributed by atoms with Crippen molar-refractivity contribution in [1.82, 2.24) is 4.90 Å². The third-order valence-electron chi connectivity index (χ3n) is 10.9. The van der Waals surface area contributed by atoms with Crippen LogP contribution in [0.4, 0.5) is 4.79 Å². The molecule has 0 saturated carbocycles. The van der Waals surface area contributed by atoms with E-state index in [1.165, 1.54) is 128 Å². The number of carbonyl (C=O) groups is 2. The smallest absolute Gasteiger partial charge is 0.498 e. The van der Waals surface area contributed by atoms with Crippen molar-refractivity contribution < 1.29 is 33.6 Å². The first-order chi connectivity index (χ1) is 29.2. The first kappa shape index (κ1) is 59.8. The Hall–Kier alpha value is -2.32. The molecule has 2 unspecified atom stereocenters. The Kier molecular flexibility index (Phi) is 49.1. The summed E-state index contributed by atoms with van der Waals surface area (Å²) in [5.41, 5.74) is 0. The second-order valence-electron chi connectivity index (χ2n) is 16.8. The third-order valence-corrected chi connectivity index (χ3v) is 10.9. The van der Waals surface area contributed by atoms with Gasteiger partial charge in [-0.3, -0.25) is 4.79 Å². The molecule has 0 saturated heterocycles. The quantitative estimate of drug-likeness (QED) is 0.0280. The lowest BCUT2D eigenvalue weighted by molar-refractivity contribution is -0.145. The van der Waals surface area contributed by atoms with E-state index in [1.807, 2.05) is 0 Å². The molecular weight excluding hydrogens is 751 g/mol. The van der Waals surface area contributed by atoms with Crippen molar-refractivity contribution >= 4 is 12.1 Å². The minimum Gasteiger partial charge on any atom is -0.498 e. The highest BCUT2D eigenvalue weighted by Gasteiger charge is 2.13. The maximum Gasteiger partial charge on any atom is 0.505 e. The molecule has 0 aromatic carbocycles. The number of rotatable bonds is 44. The number of allylic oxidation sites excluding steroid dienone is 5. The number of unbranched alkanes of at least 4 members (excludes halogenated alkanes) is 19. The minimum atomic E-state index is -1.19. The van der Waals surface area contributed by atoms with Gasteiger partial charge in [-0.05, 0) is 77.3 Å². The minimum absolute atomic E-state index is 0.0814. The van der Waals surface area contributed by atoms with Gasteiger partial charge in [0.2, 0.25) is 0 Å². The Bertz CT molecular complexity index is 961. The van der Waals surface area contributed by atoms with Crippen LogP contribution in [0.15, 0.2) is 36.6 Å². The largest absolute Gasteiger partial charge is 0.505 e. The highest BCUT2D eigenvalue weighted by atomic mass is 16.7. The summed E-state index contributed by atoms with van der Waals surface area (Å²) in [6.07, 6.45) is 42.7. The van der Waals surface area contributed by atoms with Gasteiger partial charge in [-0.15, -0.1) is 0 Å². The summed E-state index contributed by atoms with van der Waals surface area (Å²) in [7, 11) is 0. The van der Waals surface area contributed by atoms with E-state index in [2.05, 4.69) is 82.1 Å². The van der Waals surface area contributed by atoms with E-state index in [0.717, 1.165) is 83.4 Å². The van der Waals surface area contributed by atoms with Crippen molar-refractivity contribution in [2.24, 2.45) is 5.92 Å². The second kappa shape index (κ2) is 49.3. The van der Waals surface area contributed by atoms with Gasteiger partial charge in [0.05, 0.1) is 31.7 Å². The van der Waals surface area contributed by atoms with E-state index < -0.39 is 6.16 Å². The number of esters is 1. The zero-order chi connectivity index (χ0) is 44.6. The summed E-state index contributed by atoms with van der Waals surface area (Å²) in [6, 6.07) is 0. The van der Waals surface area contributed by atoms with Gasteiger partial charge in [-0.25, -0.2) is 4.79 Å². The summed E-state index contributed by atoms with van der Waals surface area (Å²) in [5.74, 6) is 0.899. The van der Waals surface area contributed by atoms with E-state index in [1.54, 1.807) is 0 Å². The molecule has 0 amide bonds. The molecule has 0 aromatic heterocycles. The van der Waals surface area contributed by atoms with Crippen LogP contribution in [-0.4, -0.2) is 74.3 Å². The fourth-order valence-corrected chi connectivity index (χ4v) is 6.85. The van der Waals surface area contributed by atoms with Gasteiger partial charge < -0.3 is 29.0 Å². The molecule has 60 heavy (non-hydrogen) atoms. The molecule has 8 nitrogen and oxygen atoms in total. The number of hydrogen-bond acceptors (Lipinski definition) is 7. The van der Waals surface area contributed by atoms with Crippen LogP contribution in [0.2, 0.25) is 0 Å². The van der Waals surface area contributed by atoms with E-state index in [4.69, 9.17) is 19.3 Å². The van der Waals surface area contributed by atoms with Crippen molar-refractivity contribution in [2.75, 3.05) is 46.1 Å². The van der Waals surface area contributed by atoms with Gasteiger partial charge in [-0.1, -0.05) is 182 Å². The van der Waals surface area contributed by atoms with Crippen molar-refractivity contribution in [3.05, 3.63) is 36.6 Å². The zero-order valence-electron chi connectivity index (χ0n) is 40.5. The molecule has 0 spiro atoms. The van der Waals surface area contributed by atoms with Crippen LogP contribution in [-0.2, 0) is 23.7 Å². The number of carbonyl (C=O) groups excluding carboxylic acids is 1. The number of ether oxygens (including phenoxy) is 4. The van der Waals surface area contributed by atoms with Crippen molar-refractivity contribution in [3.8, 4) is 0 Å². The van der Waals surface area contributed by atoms with E-state index in [0.29, 0.717) is 32.3 Å². The van der Waals surface area contributed by atoms with E-state index in [9.17, 15) is 9.59 Å².